The van der Waals surface area contributed by atoms with Crippen molar-refractivity contribution in [1.29, 1.82) is 0 Å². The molecule has 2 atom stereocenters. The molecule has 4 nitrogen and oxygen atoms in total. The minimum atomic E-state index is -0.911. The smallest absolute Gasteiger partial charge is 0.239 e. The zero-order valence-corrected chi connectivity index (χ0v) is 11.9. The van der Waals surface area contributed by atoms with Crippen LogP contribution in [0.2, 0.25) is 0 Å². The Labute approximate surface area is 118 Å². The summed E-state index contributed by atoms with van der Waals surface area (Å²) in [4.78, 5) is 13.8. The molecule has 0 bridgehead atoms. The second-order valence-corrected chi connectivity index (χ2v) is 5.12. The van der Waals surface area contributed by atoms with Crippen molar-refractivity contribution in [3.63, 3.8) is 0 Å². The predicted octanol–water partition coefficient (Wildman–Crippen LogP) is 1.40. The van der Waals surface area contributed by atoms with Gasteiger partial charge >= 0.3 is 0 Å². The second-order valence-electron chi connectivity index (χ2n) is 5.12. The van der Waals surface area contributed by atoms with Crippen LogP contribution in [0, 0.1) is 0 Å². The molecular weight excluding hydrogens is 259 g/mol. The van der Waals surface area contributed by atoms with E-state index in [0.29, 0.717) is 6.54 Å². The van der Waals surface area contributed by atoms with Crippen molar-refractivity contribution < 1.29 is 13.9 Å². The van der Waals surface area contributed by atoms with Crippen LogP contribution in [0.3, 0.4) is 0 Å². The topological polar surface area (TPSA) is 41.6 Å². The number of likely N-dealkylation sites (N-methyl/N-ethyl adjacent to an activating group) is 1. The lowest BCUT2D eigenvalue weighted by atomic mass is 10.1. The summed E-state index contributed by atoms with van der Waals surface area (Å²) in [6.45, 7) is 0.866. The van der Waals surface area contributed by atoms with Gasteiger partial charge < -0.3 is 15.0 Å². The first-order valence-corrected chi connectivity index (χ1v) is 6.86. The van der Waals surface area contributed by atoms with Crippen LogP contribution >= 0.6 is 0 Å². The third kappa shape index (κ3) is 3.48. The van der Waals surface area contributed by atoms with Crippen LogP contribution in [0.5, 0.6) is 5.75 Å². The molecule has 1 N–H and O–H groups in total. The number of nitrogens with zero attached hydrogens (tertiary/aromatic N) is 1. The molecule has 2 rings (SSSR count). The fraction of sp³-hybridized carbons (Fsp3) is 0.533. The fourth-order valence-electron chi connectivity index (χ4n) is 2.45. The van der Waals surface area contributed by atoms with E-state index in [1.165, 1.54) is 0 Å². The number of methoxy groups -OCH3 is 1. The van der Waals surface area contributed by atoms with E-state index in [-0.39, 0.29) is 24.9 Å². The number of carbonyl (C=O) groups is 1. The molecule has 0 saturated carbocycles. The Morgan fingerprint density at radius 1 is 1.50 bits per heavy atom. The Morgan fingerprint density at radius 3 is 2.90 bits per heavy atom. The van der Waals surface area contributed by atoms with Crippen molar-refractivity contribution in [3.05, 3.63) is 29.8 Å². The summed E-state index contributed by atoms with van der Waals surface area (Å²) in [5.74, 6) is 0.788. The van der Waals surface area contributed by atoms with E-state index < -0.39 is 6.17 Å². The number of carbonyl (C=O) groups excluding carboxylic acids is 1. The van der Waals surface area contributed by atoms with E-state index in [4.69, 9.17) is 4.74 Å². The molecule has 20 heavy (non-hydrogen) atoms. The molecule has 5 heteroatoms. The van der Waals surface area contributed by atoms with Crippen molar-refractivity contribution in [2.45, 2.75) is 25.1 Å². The number of alkyl halides is 1. The largest absolute Gasteiger partial charge is 0.496 e. The molecule has 1 fully saturated rings. The quantitative estimate of drug-likeness (QED) is 0.886. The van der Waals surface area contributed by atoms with Crippen LogP contribution < -0.4 is 10.1 Å². The summed E-state index contributed by atoms with van der Waals surface area (Å²) in [7, 11) is 3.39. The number of halogens is 1. The van der Waals surface area contributed by atoms with E-state index in [9.17, 15) is 9.18 Å². The van der Waals surface area contributed by atoms with Crippen LogP contribution in [0.25, 0.3) is 0 Å². The molecule has 0 unspecified atom stereocenters. The molecule has 0 radical (unpaired) electrons. The summed E-state index contributed by atoms with van der Waals surface area (Å²) in [6, 6.07) is 7.38. The maximum absolute atomic E-state index is 13.1. The summed E-state index contributed by atoms with van der Waals surface area (Å²) in [6.07, 6.45) is 0.0853. The molecule has 1 heterocycles. The highest BCUT2D eigenvalue weighted by Crippen LogP contribution is 2.18. The Morgan fingerprint density at radius 2 is 2.25 bits per heavy atom. The Kier molecular flexibility index (Phi) is 4.95. The number of nitrogens with one attached hydrogen (secondary N) is 1. The van der Waals surface area contributed by atoms with E-state index >= 15 is 0 Å². The van der Waals surface area contributed by atoms with E-state index in [2.05, 4.69) is 5.32 Å². The molecule has 1 aliphatic rings. The lowest BCUT2D eigenvalue weighted by Crippen LogP contribution is -2.42. The van der Waals surface area contributed by atoms with Gasteiger partial charge in [-0.1, -0.05) is 18.2 Å². The van der Waals surface area contributed by atoms with Crippen molar-refractivity contribution >= 4 is 5.91 Å². The number of amides is 1. The molecule has 1 amide bonds. The number of hydrogen-bond donors (Lipinski definition) is 1. The summed E-state index contributed by atoms with van der Waals surface area (Å²) in [5.41, 5.74) is 1.07. The average molecular weight is 280 g/mol. The fourth-order valence-corrected chi connectivity index (χ4v) is 2.45. The molecule has 1 saturated heterocycles. The van der Waals surface area contributed by atoms with Gasteiger partial charge in [-0.2, -0.15) is 0 Å². The lowest BCUT2D eigenvalue weighted by Gasteiger charge is -2.21. The van der Waals surface area contributed by atoms with Crippen LogP contribution in [0.15, 0.2) is 24.3 Å². The zero-order chi connectivity index (χ0) is 14.5. The predicted molar refractivity (Wildman–Crippen MR) is 75.6 cm³/mol. The third-order valence-electron chi connectivity index (χ3n) is 3.66. The molecule has 1 aliphatic heterocycles. The van der Waals surface area contributed by atoms with Gasteiger partial charge in [0.05, 0.1) is 13.2 Å². The molecule has 110 valence electrons. The summed E-state index contributed by atoms with van der Waals surface area (Å²) in [5, 5.41) is 2.92. The van der Waals surface area contributed by atoms with Crippen molar-refractivity contribution in [1.82, 2.24) is 10.2 Å². The number of rotatable bonds is 5. The van der Waals surface area contributed by atoms with E-state index in [0.717, 1.165) is 17.7 Å². The van der Waals surface area contributed by atoms with Crippen molar-refractivity contribution in [3.8, 4) is 5.75 Å². The van der Waals surface area contributed by atoms with E-state index in [1.54, 1.807) is 19.1 Å². The van der Waals surface area contributed by atoms with Gasteiger partial charge in [0, 0.05) is 26.6 Å². The minimum Gasteiger partial charge on any atom is -0.496 e. The Hall–Kier alpha value is -1.62. The monoisotopic (exact) mass is 280 g/mol. The van der Waals surface area contributed by atoms with Crippen molar-refractivity contribution in [2.75, 3.05) is 27.2 Å². The normalized spacial score (nSPS) is 21.8. The Balaban J connectivity index is 1.88. The maximum Gasteiger partial charge on any atom is 0.239 e. The molecule has 0 spiro atoms. The van der Waals surface area contributed by atoms with Gasteiger partial charge in [-0.05, 0) is 18.1 Å². The SMILES string of the molecule is COc1ccccc1CCN(C)C(=O)[C@H]1C[C@H](F)CN1. The van der Waals surface area contributed by atoms with Gasteiger partial charge in [0.15, 0.2) is 0 Å². The van der Waals surface area contributed by atoms with Gasteiger partial charge in [0.2, 0.25) is 5.91 Å². The van der Waals surface area contributed by atoms with Gasteiger partial charge in [0.25, 0.3) is 0 Å². The second kappa shape index (κ2) is 6.70. The van der Waals surface area contributed by atoms with Gasteiger partial charge in [-0.3, -0.25) is 4.79 Å². The van der Waals surface area contributed by atoms with Crippen LogP contribution in [0.4, 0.5) is 4.39 Å². The number of hydrogen-bond acceptors (Lipinski definition) is 3. The highest BCUT2D eigenvalue weighted by atomic mass is 19.1. The van der Waals surface area contributed by atoms with Crippen LogP contribution in [-0.4, -0.2) is 50.3 Å². The number of benzene rings is 1. The van der Waals surface area contributed by atoms with Crippen molar-refractivity contribution in [2.24, 2.45) is 0 Å². The van der Waals surface area contributed by atoms with Gasteiger partial charge in [-0.25, -0.2) is 4.39 Å². The van der Waals surface area contributed by atoms with Gasteiger partial charge in [-0.15, -0.1) is 0 Å². The first-order chi connectivity index (χ1) is 9.61. The first kappa shape index (κ1) is 14.8. The molecule has 0 aromatic heterocycles. The first-order valence-electron chi connectivity index (χ1n) is 6.86. The molecule has 0 aliphatic carbocycles. The average Bonchev–Trinajstić information content (AvgIpc) is 2.90. The van der Waals surface area contributed by atoms with Crippen LogP contribution in [-0.2, 0) is 11.2 Å². The highest BCUT2D eigenvalue weighted by Gasteiger charge is 2.30. The Bertz CT molecular complexity index is 467. The summed E-state index contributed by atoms with van der Waals surface area (Å²) >= 11 is 0. The number of ether oxygens (including phenoxy) is 1. The molecular formula is C15H21FN2O2. The molecule has 1 aromatic carbocycles. The standard InChI is InChI=1S/C15H21FN2O2/c1-18(15(19)13-9-12(16)10-17-13)8-7-11-5-3-4-6-14(11)20-2/h3-6,12-13,17H,7-10H2,1-2H3/t12-,13+/m0/s1. The lowest BCUT2D eigenvalue weighted by molar-refractivity contribution is -0.131. The minimum absolute atomic E-state index is 0.0416. The highest BCUT2D eigenvalue weighted by molar-refractivity contribution is 5.82. The van der Waals surface area contributed by atoms with Crippen LogP contribution in [0.1, 0.15) is 12.0 Å². The van der Waals surface area contributed by atoms with E-state index in [1.807, 2.05) is 24.3 Å². The van der Waals surface area contributed by atoms with Gasteiger partial charge in [0.1, 0.15) is 11.9 Å². The summed E-state index contributed by atoms with van der Waals surface area (Å²) < 4.78 is 18.4. The zero-order valence-electron chi connectivity index (χ0n) is 11.9. The molecule has 1 aromatic rings. The third-order valence-corrected chi connectivity index (χ3v) is 3.66. The maximum atomic E-state index is 13.1. The number of para-hydroxylation sites is 1.